The molecule has 46 heavy (non-hydrogen) atoms. The quantitative estimate of drug-likeness (QED) is 0.272. The van der Waals surface area contributed by atoms with Crippen LogP contribution in [0.3, 0.4) is 0 Å². The van der Waals surface area contributed by atoms with Crippen LogP contribution in [0.2, 0.25) is 0 Å². The lowest BCUT2D eigenvalue weighted by atomic mass is 9.80. The molecule has 16 heteroatoms. The second-order valence-electron chi connectivity index (χ2n) is 11.8. The van der Waals surface area contributed by atoms with Crippen LogP contribution in [0.4, 0.5) is 0 Å². The summed E-state index contributed by atoms with van der Waals surface area (Å²) in [6, 6.07) is 9.59. The van der Waals surface area contributed by atoms with Crippen LogP contribution in [0.15, 0.2) is 80.5 Å². The Kier molecular flexibility index (Phi) is 6.72. The van der Waals surface area contributed by atoms with E-state index in [1.807, 2.05) is 29.3 Å². The van der Waals surface area contributed by atoms with Crippen LogP contribution < -0.4 is 5.32 Å². The Bertz CT molecular complexity index is 1790. The molecule has 0 spiro atoms. The van der Waals surface area contributed by atoms with Crippen molar-refractivity contribution in [3.8, 4) is 0 Å². The van der Waals surface area contributed by atoms with Crippen molar-refractivity contribution in [1.29, 1.82) is 0 Å². The predicted octanol–water partition coefficient (Wildman–Crippen LogP) is 2.33. The van der Waals surface area contributed by atoms with Gasteiger partial charge in [-0.25, -0.2) is 15.0 Å². The molecule has 0 radical (unpaired) electrons. The molecule has 1 aliphatic carbocycles. The molecule has 4 atom stereocenters. The summed E-state index contributed by atoms with van der Waals surface area (Å²) < 4.78 is 22.2. The molecule has 9 rings (SSSR count). The lowest BCUT2D eigenvalue weighted by molar-refractivity contribution is -0.247. The summed E-state index contributed by atoms with van der Waals surface area (Å²) in [5, 5.41) is 32.2. The van der Waals surface area contributed by atoms with Crippen LogP contribution in [-0.2, 0) is 21.0 Å². The van der Waals surface area contributed by atoms with Gasteiger partial charge in [0.15, 0.2) is 23.9 Å². The summed E-state index contributed by atoms with van der Waals surface area (Å²) in [5.41, 5.74) is 0.570. The number of fused-ring (bicyclic) bond motifs is 2. The summed E-state index contributed by atoms with van der Waals surface area (Å²) in [6.07, 6.45) is 12.4. The highest BCUT2D eigenvalue weighted by Crippen LogP contribution is 2.57. The first-order valence-electron chi connectivity index (χ1n) is 15.5. The highest BCUT2D eigenvalue weighted by atomic mass is 16.7. The Hall–Kier alpha value is -4.45. The van der Waals surface area contributed by atoms with Gasteiger partial charge < -0.3 is 18.3 Å². The number of allylic oxidation sites excluding steroid dienone is 1. The van der Waals surface area contributed by atoms with E-state index in [0.29, 0.717) is 60.6 Å². The van der Waals surface area contributed by atoms with Crippen LogP contribution >= 0.6 is 0 Å². The molecular weight excluding hydrogens is 594 g/mol. The molecule has 4 aliphatic rings. The molecule has 3 aliphatic heterocycles. The highest BCUT2D eigenvalue weighted by molar-refractivity contribution is 5.74. The van der Waals surface area contributed by atoms with Gasteiger partial charge in [-0.1, -0.05) is 11.2 Å². The summed E-state index contributed by atoms with van der Waals surface area (Å²) >= 11 is 0. The monoisotopic (exact) mass is 625 g/mol. The smallest absolute Gasteiger partial charge is 0.251 e. The van der Waals surface area contributed by atoms with Gasteiger partial charge in [-0.3, -0.25) is 10.2 Å². The molecule has 0 bridgehead atoms. The highest BCUT2D eigenvalue weighted by Gasteiger charge is 2.72. The molecule has 5 aromatic heterocycles. The van der Waals surface area contributed by atoms with Crippen molar-refractivity contribution < 1.29 is 23.1 Å². The summed E-state index contributed by atoms with van der Waals surface area (Å²) in [4.78, 5) is 17.3. The Morgan fingerprint density at radius 3 is 2.57 bits per heavy atom. The molecule has 0 amide bonds. The van der Waals surface area contributed by atoms with Crippen molar-refractivity contribution >= 4 is 11.0 Å². The fourth-order valence-electron chi connectivity index (χ4n) is 7.49. The van der Waals surface area contributed by atoms with Crippen LogP contribution in [0.1, 0.15) is 48.5 Å². The molecule has 5 aromatic rings. The van der Waals surface area contributed by atoms with Crippen LogP contribution in [0.5, 0.6) is 0 Å². The van der Waals surface area contributed by atoms with E-state index >= 15 is 0 Å². The van der Waals surface area contributed by atoms with Crippen molar-refractivity contribution in [2.24, 2.45) is 5.92 Å². The van der Waals surface area contributed by atoms with E-state index < -0.39 is 17.6 Å². The van der Waals surface area contributed by atoms with E-state index in [2.05, 4.69) is 52.3 Å². The minimum absolute atomic E-state index is 0.347. The van der Waals surface area contributed by atoms with E-state index in [1.165, 1.54) is 24.4 Å². The average Bonchev–Trinajstić information content (AvgIpc) is 3.95. The molecule has 4 unspecified atom stereocenters. The van der Waals surface area contributed by atoms with E-state index in [4.69, 9.17) is 28.1 Å². The van der Waals surface area contributed by atoms with Gasteiger partial charge >= 0.3 is 0 Å². The number of pyridine rings is 2. The Balaban J connectivity index is 1.39. The molecule has 0 aromatic carbocycles. The number of aromatic nitrogens is 7. The minimum atomic E-state index is -1.58. The van der Waals surface area contributed by atoms with Gasteiger partial charge in [-0.2, -0.15) is 5.01 Å². The maximum absolute atomic E-state index is 7.42. The van der Waals surface area contributed by atoms with Crippen LogP contribution in [0, 0.1) is 5.92 Å². The van der Waals surface area contributed by atoms with Crippen molar-refractivity contribution in [2.45, 2.75) is 43.2 Å². The van der Waals surface area contributed by atoms with Crippen molar-refractivity contribution in [2.75, 3.05) is 32.8 Å². The maximum atomic E-state index is 7.42. The number of nitrogens with one attached hydrogen (secondary N) is 1. The maximum Gasteiger partial charge on any atom is 0.251 e. The number of rotatable bonds is 6. The van der Waals surface area contributed by atoms with Crippen LogP contribution in [-0.4, -0.2) is 90.0 Å². The van der Waals surface area contributed by atoms with E-state index in [9.17, 15) is 0 Å². The fourth-order valence-corrected chi connectivity index (χ4v) is 7.49. The molecular formula is C30H31N11O5. The fraction of sp³-hybridized carbons (Fsp3) is 0.433. The zero-order chi connectivity index (χ0) is 30.6. The van der Waals surface area contributed by atoms with Crippen molar-refractivity contribution in [3.63, 3.8) is 0 Å². The lowest BCUT2D eigenvalue weighted by Gasteiger charge is -2.50. The zero-order valence-corrected chi connectivity index (χ0v) is 24.8. The van der Waals surface area contributed by atoms with Gasteiger partial charge in [-0.05, 0) is 68.0 Å². The molecule has 16 nitrogen and oxygen atoms in total. The first-order chi connectivity index (χ1) is 22.8. The normalized spacial score (nSPS) is 29.6. The Morgan fingerprint density at radius 2 is 1.76 bits per heavy atom. The zero-order valence-electron chi connectivity index (χ0n) is 24.8. The summed E-state index contributed by atoms with van der Waals surface area (Å²) in [7, 11) is 0. The molecule has 0 saturated carbocycles. The Labute approximate surface area is 262 Å². The third-order valence-electron chi connectivity index (χ3n) is 9.44. The van der Waals surface area contributed by atoms with E-state index in [1.54, 1.807) is 12.3 Å². The van der Waals surface area contributed by atoms with Gasteiger partial charge in [-0.15, -0.1) is 15.3 Å². The first kappa shape index (κ1) is 27.8. The standard InChI is InChI=1S/C30H31N11O5/c1-2-6-22-20(4-1)9-12-32-28(22)40-29(25-18-44-37-34-25,23-8-7-21-5-3-11-31-27(21)33-23)41(39-13-16-42-17-14-39)30(46-40,24-10-15-43-36-24)26-19-45-38-35-26/h3,5-8,10-11,15,18-20,28,32H,1-2,4,9,12-14,16-17H2. The topological polar surface area (TPSA) is 170 Å². The SMILES string of the molecule is C1=C2C(CCC1)CCNC2N1OC(c2conn2)(c2ccon2)N(N2CCOCC2)C1(c1conn1)c1ccc2cccnc2n1. The Morgan fingerprint density at radius 1 is 0.891 bits per heavy atom. The number of hydrogen-bond acceptors (Lipinski definition) is 16. The van der Waals surface area contributed by atoms with E-state index in [-0.39, 0.29) is 0 Å². The molecule has 3 saturated heterocycles. The lowest BCUT2D eigenvalue weighted by Crippen LogP contribution is -2.67. The van der Waals surface area contributed by atoms with E-state index in [0.717, 1.165) is 37.6 Å². The third-order valence-corrected chi connectivity index (χ3v) is 9.44. The van der Waals surface area contributed by atoms with Gasteiger partial charge in [0.1, 0.15) is 23.8 Å². The number of nitrogens with zero attached hydrogens (tertiary/aromatic N) is 10. The number of hydrogen-bond donors (Lipinski definition) is 1. The first-order valence-corrected chi connectivity index (χ1v) is 15.5. The number of hydrazine groups is 1. The van der Waals surface area contributed by atoms with Gasteiger partial charge in [0, 0.05) is 41.3 Å². The second-order valence-corrected chi connectivity index (χ2v) is 11.8. The second kappa shape index (κ2) is 11.1. The van der Waals surface area contributed by atoms with Gasteiger partial charge in [0.05, 0.1) is 18.9 Å². The molecule has 236 valence electrons. The average molecular weight is 626 g/mol. The number of morpholine rings is 1. The molecule has 8 heterocycles. The van der Waals surface area contributed by atoms with Gasteiger partial charge in [0.2, 0.25) is 5.66 Å². The molecule has 1 N–H and O–H groups in total. The minimum Gasteiger partial charge on any atom is -0.379 e. The summed E-state index contributed by atoms with van der Waals surface area (Å²) in [5.74, 6) is 0.385. The largest absolute Gasteiger partial charge is 0.379 e. The number of ether oxygens (including phenoxy) is 1. The van der Waals surface area contributed by atoms with Crippen molar-refractivity contribution in [1.82, 2.24) is 56.3 Å². The van der Waals surface area contributed by atoms with Crippen LogP contribution in [0.25, 0.3) is 11.0 Å². The third kappa shape index (κ3) is 4.04. The number of hydroxylamine groups is 2. The molecule has 3 fully saturated rings. The predicted molar refractivity (Wildman–Crippen MR) is 155 cm³/mol. The van der Waals surface area contributed by atoms with Crippen molar-refractivity contribution in [3.05, 3.63) is 89.7 Å². The number of piperidine rings is 1. The van der Waals surface area contributed by atoms with Gasteiger partial charge in [0.25, 0.3) is 5.72 Å². The summed E-state index contributed by atoms with van der Waals surface area (Å²) in [6.45, 7) is 2.73.